The van der Waals surface area contributed by atoms with Crippen molar-refractivity contribution in [1.29, 1.82) is 0 Å². The second-order valence-electron chi connectivity index (χ2n) is 10.9. The number of aliphatic hydroxyl groups excluding tert-OH is 2. The molecule has 11 nitrogen and oxygen atoms in total. The van der Waals surface area contributed by atoms with Crippen LogP contribution in [0.4, 0.5) is 10.5 Å². The molecule has 43 heavy (non-hydrogen) atoms. The molecule has 0 saturated carbocycles. The summed E-state index contributed by atoms with van der Waals surface area (Å²) in [6, 6.07) is 20.8. The van der Waals surface area contributed by atoms with E-state index in [1.807, 2.05) is 44.2 Å². The molecule has 0 radical (unpaired) electrons. The Labute approximate surface area is 252 Å². The van der Waals surface area contributed by atoms with Gasteiger partial charge in [-0.1, -0.05) is 56.3 Å². The first-order valence-electron chi connectivity index (χ1n) is 14.1. The van der Waals surface area contributed by atoms with E-state index in [0.29, 0.717) is 5.75 Å². The number of cyclic esters (lactones) is 1. The van der Waals surface area contributed by atoms with Crippen LogP contribution >= 0.6 is 0 Å². The fourth-order valence-electron chi connectivity index (χ4n) is 4.95. The minimum absolute atomic E-state index is 0.0374. The Bertz CT molecular complexity index is 1450. The molecule has 3 aromatic carbocycles. The minimum Gasteiger partial charge on any atom is -0.506 e. The molecule has 3 aromatic rings. The average Bonchev–Trinajstić information content (AvgIpc) is 3.38. The summed E-state index contributed by atoms with van der Waals surface area (Å²) in [5, 5.41) is 35.8. The molecule has 0 spiro atoms. The lowest BCUT2D eigenvalue weighted by Gasteiger charge is -2.32. The Morgan fingerprint density at radius 3 is 2.28 bits per heavy atom. The fraction of sp³-hybridized carbons (Fsp3) is 0.387. The summed E-state index contributed by atoms with van der Waals surface area (Å²) in [6.45, 7) is 3.62. The van der Waals surface area contributed by atoms with Crippen molar-refractivity contribution in [2.45, 2.75) is 49.6 Å². The van der Waals surface area contributed by atoms with Gasteiger partial charge in [0.25, 0.3) is 0 Å². The highest BCUT2D eigenvalue weighted by Crippen LogP contribution is 2.31. The molecule has 1 aliphatic heterocycles. The highest BCUT2D eigenvalue weighted by molar-refractivity contribution is 7.89. The van der Waals surface area contributed by atoms with Gasteiger partial charge in [-0.05, 0) is 54.3 Å². The number of hydrogen-bond acceptors (Lipinski definition) is 9. The number of para-hydroxylation sites is 2. The monoisotopic (exact) mass is 613 g/mol. The molecule has 1 amide bonds. The third-order valence-electron chi connectivity index (χ3n) is 7.16. The van der Waals surface area contributed by atoms with Crippen LogP contribution in [0, 0.1) is 5.92 Å². The van der Waals surface area contributed by atoms with Crippen LogP contribution in [0.25, 0.3) is 0 Å². The molecule has 4 rings (SSSR count). The van der Waals surface area contributed by atoms with Gasteiger partial charge in [-0.3, -0.25) is 10.2 Å². The van der Waals surface area contributed by atoms with Crippen LogP contribution < -0.4 is 15.0 Å². The van der Waals surface area contributed by atoms with Crippen LogP contribution in [-0.4, -0.2) is 85.4 Å². The first-order valence-corrected chi connectivity index (χ1v) is 15.5. The van der Waals surface area contributed by atoms with E-state index >= 15 is 0 Å². The van der Waals surface area contributed by atoms with E-state index in [0.717, 1.165) is 5.56 Å². The standard InChI is InChI=1S/C31H39N3O8S/c1-21(2)18-33(43(39,40)24-15-13-23(41-3)14-16-24)19-28(36)25(17-22-9-5-4-6-10-22)32-30(37)29-20-34(31(38)42-29)26-11-7-8-12-27(26)35/h4-16,21,25,28-30,32,35-37H,17-20H2,1-3H3/t25-,28+,29-,30?/m0/s1. The van der Waals surface area contributed by atoms with E-state index in [1.165, 1.54) is 34.5 Å². The second kappa shape index (κ2) is 14.2. The van der Waals surface area contributed by atoms with E-state index in [2.05, 4.69) is 5.32 Å². The quantitative estimate of drug-likeness (QED) is 0.201. The summed E-state index contributed by atoms with van der Waals surface area (Å²) < 4.78 is 39.1. The van der Waals surface area contributed by atoms with Gasteiger partial charge in [0.2, 0.25) is 10.0 Å². The summed E-state index contributed by atoms with van der Waals surface area (Å²) in [4.78, 5) is 13.9. The summed E-state index contributed by atoms with van der Waals surface area (Å²) >= 11 is 0. The number of amides is 1. The van der Waals surface area contributed by atoms with Gasteiger partial charge in [-0.15, -0.1) is 0 Å². The van der Waals surface area contributed by atoms with Gasteiger partial charge in [-0.25, -0.2) is 13.2 Å². The molecule has 232 valence electrons. The Kier molecular flexibility index (Phi) is 10.6. The number of phenolic OH excluding ortho intramolecular Hbond substituents is 1. The second-order valence-corrected chi connectivity index (χ2v) is 12.8. The maximum atomic E-state index is 13.7. The Hall–Kier alpha value is -3.68. The van der Waals surface area contributed by atoms with Gasteiger partial charge in [0, 0.05) is 19.1 Å². The summed E-state index contributed by atoms with van der Waals surface area (Å²) in [6.07, 6.45) is -4.16. The van der Waals surface area contributed by atoms with Crippen molar-refractivity contribution in [2.75, 3.05) is 31.6 Å². The topological polar surface area (TPSA) is 149 Å². The maximum Gasteiger partial charge on any atom is 0.415 e. The van der Waals surface area contributed by atoms with Crippen LogP contribution in [0.15, 0.2) is 83.8 Å². The molecule has 12 heteroatoms. The number of aromatic hydroxyl groups is 1. The number of carbonyl (C=O) groups excluding carboxylic acids is 1. The molecule has 1 aliphatic rings. The number of ether oxygens (including phenoxy) is 2. The molecule has 4 atom stereocenters. The van der Waals surface area contributed by atoms with Crippen LogP contribution in [0.1, 0.15) is 19.4 Å². The van der Waals surface area contributed by atoms with Gasteiger partial charge in [-0.2, -0.15) is 4.31 Å². The van der Waals surface area contributed by atoms with Gasteiger partial charge in [0.05, 0.1) is 30.3 Å². The number of nitrogens with one attached hydrogen (secondary N) is 1. The largest absolute Gasteiger partial charge is 0.506 e. The van der Waals surface area contributed by atoms with Crippen molar-refractivity contribution in [2.24, 2.45) is 5.92 Å². The van der Waals surface area contributed by atoms with Crippen molar-refractivity contribution in [3.8, 4) is 11.5 Å². The Morgan fingerprint density at radius 1 is 1.00 bits per heavy atom. The molecule has 1 heterocycles. The maximum absolute atomic E-state index is 13.7. The van der Waals surface area contributed by atoms with Crippen LogP contribution in [-0.2, 0) is 21.2 Å². The van der Waals surface area contributed by atoms with E-state index in [4.69, 9.17) is 9.47 Å². The fourth-order valence-corrected chi connectivity index (χ4v) is 6.57. The number of nitrogens with zero attached hydrogens (tertiary/aromatic N) is 2. The average molecular weight is 614 g/mol. The molecule has 1 saturated heterocycles. The Morgan fingerprint density at radius 2 is 1.65 bits per heavy atom. The number of carbonyl (C=O) groups is 1. The number of anilines is 1. The molecule has 0 aliphatic carbocycles. The number of hydrogen-bond donors (Lipinski definition) is 4. The zero-order chi connectivity index (χ0) is 31.1. The van der Waals surface area contributed by atoms with Crippen molar-refractivity contribution in [3.63, 3.8) is 0 Å². The number of sulfonamides is 1. The number of phenols is 1. The zero-order valence-corrected chi connectivity index (χ0v) is 25.2. The molecule has 0 bridgehead atoms. The lowest BCUT2D eigenvalue weighted by Crippen LogP contribution is -2.55. The lowest BCUT2D eigenvalue weighted by atomic mass is 10.00. The molecular weight excluding hydrogens is 574 g/mol. The molecule has 0 aromatic heterocycles. The summed E-state index contributed by atoms with van der Waals surface area (Å²) in [5.74, 6) is 0.372. The molecule has 1 unspecified atom stereocenters. The molecular formula is C31H39N3O8S. The van der Waals surface area contributed by atoms with Gasteiger partial charge < -0.3 is 24.8 Å². The third-order valence-corrected chi connectivity index (χ3v) is 9.01. The van der Waals surface area contributed by atoms with Crippen molar-refractivity contribution in [1.82, 2.24) is 9.62 Å². The smallest absolute Gasteiger partial charge is 0.415 e. The van der Waals surface area contributed by atoms with Gasteiger partial charge in [0.15, 0.2) is 6.10 Å². The predicted octanol–water partition coefficient (Wildman–Crippen LogP) is 2.95. The lowest BCUT2D eigenvalue weighted by molar-refractivity contribution is -0.0119. The van der Waals surface area contributed by atoms with Crippen molar-refractivity contribution in [3.05, 3.63) is 84.4 Å². The van der Waals surface area contributed by atoms with Crippen LogP contribution in [0.3, 0.4) is 0 Å². The van der Waals surface area contributed by atoms with Crippen LogP contribution in [0.2, 0.25) is 0 Å². The summed E-state index contributed by atoms with van der Waals surface area (Å²) in [7, 11) is -2.49. The van der Waals surface area contributed by atoms with Crippen molar-refractivity contribution < 1.29 is 38.0 Å². The predicted molar refractivity (Wildman–Crippen MR) is 161 cm³/mol. The molecule has 1 fully saturated rings. The first-order chi connectivity index (χ1) is 20.5. The van der Waals surface area contributed by atoms with Crippen LogP contribution in [0.5, 0.6) is 11.5 Å². The zero-order valence-electron chi connectivity index (χ0n) is 24.4. The highest BCUT2D eigenvalue weighted by atomic mass is 32.2. The van der Waals surface area contributed by atoms with Gasteiger partial charge in [0.1, 0.15) is 17.7 Å². The van der Waals surface area contributed by atoms with E-state index in [-0.39, 0.29) is 48.3 Å². The molecule has 4 N–H and O–H groups in total. The van der Waals surface area contributed by atoms with Gasteiger partial charge >= 0.3 is 6.09 Å². The van der Waals surface area contributed by atoms with E-state index in [1.54, 1.807) is 30.3 Å². The number of rotatable bonds is 14. The normalized spacial score (nSPS) is 17.6. The number of benzene rings is 3. The number of aliphatic hydroxyl groups is 2. The third kappa shape index (κ3) is 8.03. The summed E-state index contributed by atoms with van der Waals surface area (Å²) in [5.41, 5.74) is 1.09. The van der Waals surface area contributed by atoms with E-state index < -0.39 is 40.6 Å². The van der Waals surface area contributed by atoms with E-state index in [9.17, 15) is 28.5 Å². The Balaban J connectivity index is 1.55. The highest BCUT2D eigenvalue weighted by Gasteiger charge is 2.40. The SMILES string of the molecule is COc1ccc(S(=O)(=O)N(CC(C)C)C[C@@H](O)[C@H](Cc2ccccc2)NC(O)[C@@H]2CN(c3ccccc3O)C(=O)O2)cc1. The minimum atomic E-state index is -3.99. The number of methoxy groups -OCH3 is 1. The van der Waals surface area contributed by atoms with Crippen molar-refractivity contribution >= 4 is 21.8 Å². The first kappa shape index (κ1) is 32.2.